The molecule has 6 nitrogen and oxygen atoms in total. The normalized spacial score (nSPS) is 18.4. The van der Waals surface area contributed by atoms with Gasteiger partial charge in [-0.15, -0.1) is 0 Å². The molecule has 0 amide bonds. The Balaban J connectivity index is 0.000000197. The number of hydrogen-bond donors (Lipinski definition) is 3. The molecule has 0 aliphatic carbocycles. The average molecular weight is 1100 g/mol. The second-order valence-electron chi connectivity index (χ2n) is 20.1. The minimum Gasteiger partial charge on any atom is -0.857 e. The van der Waals surface area contributed by atoms with E-state index in [0.29, 0.717) is 18.4 Å². The summed E-state index contributed by atoms with van der Waals surface area (Å²) in [4.78, 5) is 0. The van der Waals surface area contributed by atoms with E-state index in [0.717, 1.165) is 39.3 Å². The molecule has 14 rings (SSSR count). The number of aliphatic hydroxyl groups excluding tert-OH is 3. The van der Waals surface area contributed by atoms with Crippen LogP contribution in [0.1, 0.15) is 78.7 Å². The van der Waals surface area contributed by atoms with E-state index < -0.39 is 12.2 Å². The first-order valence-electron chi connectivity index (χ1n) is 25.7. The average Bonchev–Trinajstić information content (AvgIpc) is 4.01. The molecule has 6 atom stereocenters. The molecule has 0 saturated carbocycles. The van der Waals surface area contributed by atoms with Gasteiger partial charge in [-0.1, -0.05) is 230 Å². The molecule has 2 unspecified atom stereocenters. The Morgan fingerprint density at radius 1 is 0.481 bits per heavy atom. The molecule has 12 aromatic rings. The fourth-order valence-corrected chi connectivity index (χ4v) is 11.9. The molecule has 9 heteroatoms. The van der Waals surface area contributed by atoms with Crippen molar-refractivity contribution in [2.45, 2.75) is 106 Å². The van der Waals surface area contributed by atoms with Crippen molar-refractivity contribution < 1.29 is 59.5 Å². The van der Waals surface area contributed by atoms with Crippen molar-refractivity contribution in [2.75, 3.05) is 20.8 Å². The van der Waals surface area contributed by atoms with Gasteiger partial charge in [-0.05, 0) is 133 Å². The summed E-state index contributed by atoms with van der Waals surface area (Å²) in [5.41, 5.74) is 2.46. The Kier molecular flexibility index (Phi) is 22.7. The van der Waals surface area contributed by atoms with E-state index in [9.17, 15) is 10.2 Å². The van der Waals surface area contributed by atoms with Gasteiger partial charge in [-0.25, -0.2) is 0 Å². The Morgan fingerprint density at radius 2 is 0.779 bits per heavy atom. The summed E-state index contributed by atoms with van der Waals surface area (Å²) in [6.45, 7) is 11.7. The maximum absolute atomic E-state index is 10.1. The molecule has 2 aliphatic heterocycles. The van der Waals surface area contributed by atoms with Gasteiger partial charge in [0.1, 0.15) is 12.8 Å². The van der Waals surface area contributed by atoms with Gasteiger partial charge < -0.3 is 29.9 Å². The van der Waals surface area contributed by atoms with E-state index in [2.05, 4.69) is 214 Å². The summed E-state index contributed by atoms with van der Waals surface area (Å²) in [5.74, 6) is 0.638. The van der Waals surface area contributed by atoms with Crippen LogP contribution in [0.25, 0.3) is 97.0 Å². The molecule has 12 aromatic carbocycles. The molecule has 2 aliphatic rings. The maximum Gasteiger partial charge on any atom is 1.00 e. The van der Waals surface area contributed by atoms with Gasteiger partial charge in [0.25, 0.3) is 0 Å². The van der Waals surface area contributed by atoms with Crippen LogP contribution in [-0.4, -0.2) is 61.2 Å². The smallest absolute Gasteiger partial charge is 0.857 e. The van der Waals surface area contributed by atoms with Gasteiger partial charge in [0.2, 0.25) is 0 Å². The van der Waals surface area contributed by atoms with Crippen molar-refractivity contribution >= 4 is 120 Å². The van der Waals surface area contributed by atoms with Crippen molar-refractivity contribution in [2.24, 2.45) is 5.92 Å². The zero-order chi connectivity index (χ0) is 51.5. The predicted octanol–water partition coefficient (Wildman–Crippen LogP) is 14.4. The fraction of sp³-hybridized carbons (Fsp3) is 0.294. The first-order valence-corrected chi connectivity index (χ1v) is 26.5. The molecule has 396 valence electrons. The Bertz CT molecular complexity index is 3550. The third-order valence-electron chi connectivity index (χ3n) is 14.7. The molecule has 2 heterocycles. The molecule has 3 N–H and O–H groups in total. The van der Waals surface area contributed by atoms with E-state index in [1.165, 1.54) is 107 Å². The summed E-state index contributed by atoms with van der Waals surface area (Å²) < 4.78 is 13.5. The SMILES string of the molecule is Brc1ccc2ccc3cccc4ccc1c2c34.C.C.C.CB(C)C.CC[C@H]1O[C@@H](c2ccc3ccc4cccc5ccc2c3c45)CC1C.CO.C[O-].OC[C@H]1O[C@@H](c2ccc3ccc4cccc5ccc2c3c45)CC1O.[Na+]. The first-order chi connectivity index (χ1) is 35.6. The summed E-state index contributed by atoms with van der Waals surface area (Å²) in [6, 6.07) is 59.1. The van der Waals surface area contributed by atoms with Gasteiger partial charge >= 0.3 is 29.6 Å². The topological polar surface area (TPSA) is 102 Å². The molecule has 2 fully saturated rings. The van der Waals surface area contributed by atoms with Gasteiger partial charge in [0, 0.05) is 18.0 Å². The second-order valence-corrected chi connectivity index (χ2v) is 20.9. The van der Waals surface area contributed by atoms with Crippen molar-refractivity contribution in [3.63, 3.8) is 0 Å². The van der Waals surface area contributed by atoms with Gasteiger partial charge in [0.05, 0.1) is 31.0 Å². The van der Waals surface area contributed by atoms with E-state index in [4.69, 9.17) is 19.7 Å². The van der Waals surface area contributed by atoms with Crippen LogP contribution in [0.3, 0.4) is 0 Å². The second kappa shape index (κ2) is 27.8. The minimum atomic E-state index is -0.612. The van der Waals surface area contributed by atoms with Crippen LogP contribution >= 0.6 is 15.9 Å². The van der Waals surface area contributed by atoms with Crippen molar-refractivity contribution in [3.8, 4) is 0 Å². The van der Waals surface area contributed by atoms with Crippen LogP contribution in [0.2, 0.25) is 20.5 Å². The number of halogens is 1. The molecule has 0 radical (unpaired) electrons. The van der Waals surface area contributed by atoms with Crippen LogP contribution < -0.4 is 34.7 Å². The number of benzene rings is 12. The summed E-state index contributed by atoms with van der Waals surface area (Å²) in [5, 5.41) is 58.2. The molecular formula is C68H77BBrNaO6. The Morgan fingerprint density at radius 3 is 1.13 bits per heavy atom. The Labute approximate surface area is 487 Å². The first kappa shape index (κ1) is 62.9. The molecule has 0 spiro atoms. The third-order valence-corrected chi connectivity index (χ3v) is 15.4. The maximum atomic E-state index is 10.1. The summed E-state index contributed by atoms with van der Waals surface area (Å²) >= 11 is 3.64. The monoisotopic (exact) mass is 1100 g/mol. The Hall–Kier alpha value is -4.94. The van der Waals surface area contributed by atoms with Crippen molar-refractivity contribution in [1.82, 2.24) is 0 Å². The molecule has 0 aromatic heterocycles. The van der Waals surface area contributed by atoms with Gasteiger partial charge in [-0.2, -0.15) is 7.11 Å². The number of ether oxygens (including phenoxy) is 2. The standard InChI is InChI=1S/C23H22O.C21H18O3.C16H9Br.C3H9B.CH4O.CH3O.3CH4.Na/c1-3-20-14(2)13-21(24-20)18-11-9-17-8-7-15-5-4-6-16-10-12-19(18)23(17)22(15)16;22-11-19-17(23)10-18(24-19)15-8-6-14-5-4-12-2-1-3-13-7-9-16(15)21(14)20(12)13;17-14-9-7-12-5-4-10-2-1-3-11-6-8-13(14)16(12)15(10)11;1-4(2)3;2*1-2;;;;/h4-12,14,20-21H,3,13H2,1-2H3;1-9,17-19,22-23H,10-11H2;1-9H;1-3H3;2H,1H3;1H3;3*1H4;/q;;;;;-1;;;;+1/t14?,20-,21-;17?,18-,19-;;;;;;;;/m11......../s1. The predicted molar refractivity (Wildman–Crippen MR) is 333 cm³/mol. The van der Waals surface area contributed by atoms with Crippen molar-refractivity contribution in [1.29, 1.82) is 0 Å². The fourth-order valence-electron chi connectivity index (χ4n) is 11.5. The minimum absolute atomic E-state index is 0. The molecule has 2 saturated heterocycles. The van der Waals surface area contributed by atoms with E-state index in [1.54, 1.807) is 0 Å². The number of hydrogen-bond acceptors (Lipinski definition) is 6. The van der Waals surface area contributed by atoms with Gasteiger partial charge in [-0.3, -0.25) is 0 Å². The molecule has 77 heavy (non-hydrogen) atoms. The zero-order valence-corrected chi connectivity index (χ0v) is 47.5. The van der Waals surface area contributed by atoms with E-state index in [-0.39, 0.29) is 70.7 Å². The van der Waals surface area contributed by atoms with Crippen LogP contribution in [0.15, 0.2) is 168 Å². The number of aliphatic hydroxyl groups is 3. The quantitative estimate of drug-likeness (QED) is 0.120. The summed E-state index contributed by atoms with van der Waals surface area (Å²) in [7, 11) is 1.75. The third kappa shape index (κ3) is 12.3. The number of rotatable bonds is 4. The molecule has 0 bridgehead atoms. The van der Waals surface area contributed by atoms with Crippen LogP contribution in [0.5, 0.6) is 0 Å². The van der Waals surface area contributed by atoms with E-state index in [1.807, 2.05) is 0 Å². The largest absolute Gasteiger partial charge is 1.00 e. The van der Waals surface area contributed by atoms with Crippen LogP contribution in [-0.2, 0) is 9.47 Å². The van der Waals surface area contributed by atoms with Crippen LogP contribution in [0.4, 0.5) is 0 Å². The van der Waals surface area contributed by atoms with Crippen LogP contribution in [0, 0.1) is 5.92 Å². The summed E-state index contributed by atoms with van der Waals surface area (Å²) in [6.07, 6.45) is 2.10. The van der Waals surface area contributed by atoms with Gasteiger partial charge in [0.15, 0.2) is 0 Å². The van der Waals surface area contributed by atoms with Crippen molar-refractivity contribution in [3.05, 3.63) is 179 Å². The zero-order valence-electron chi connectivity index (χ0n) is 43.9. The van der Waals surface area contributed by atoms with E-state index >= 15 is 0 Å². The molecular weight excluding hydrogens is 1030 g/mol.